The van der Waals surface area contributed by atoms with Gasteiger partial charge in [-0.05, 0) is 56.0 Å². The molecule has 1 heterocycles. The fraction of sp³-hybridized carbons (Fsp3) is 0.417. The largest absolute Gasteiger partial charge is 0.416 e. The van der Waals surface area contributed by atoms with Crippen LogP contribution in [0.5, 0.6) is 0 Å². The lowest BCUT2D eigenvalue weighted by atomic mass is 9.75. The molecule has 0 aromatic heterocycles. The molecular formula is C24H27F3N2O2. The summed E-state index contributed by atoms with van der Waals surface area (Å²) in [5, 5.41) is 2.65. The summed E-state index contributed by atoms with van der Waals surface area (Å²) in [5.74, 6) is -1.21. The molecule has 1 saturated heterocycles. The summed E-state index contributed by atoms with van der Waals surface area (Å²) in [6, 6.07) is 9.48. The molecule has 3 rings (SSSR count). The maximum absolute atomic E-state index is 13.3. The number of nitrogens with one attached hydrogen (secondary N) is 1. The third-order valence-electron chi connectivity index (χ3n) is 6.50. The Labute approximate surface area is 180 Å². The lowest BCUT2D eigenvalue weighted by molar-refractivity contribution is -0.138. The van der Waals surface area contributed by atoms with Gasteiger partial charge in [0.15, 0.2) is 0 Å². The Balaban J connectivity index is 1.95. The van der Waals surface area contributed by atoms with Gasteiger partial charge < -0.3 is 10.2 Å². The summed E-state index contributed by atoms with van der Waals surface area (Å²) in [6.07, 6.45) is -4.13. The number of anilines is 2. The first-order valence-electron chi connectivity index (χ1n) is 10.3. The van der Waals surface area contributed by atoms with Crippen LogP contribution in [0, 0.1) is 32.1 Å². The number of amides is 2. The molecule has 2 aromatic carbocycles. The molecule has 1 aliphatic rings. The van der Waals surface area contributed by atoms with Crippen molar-refractivity contribution in [1.29, 1.82) is 0 Å². The summed E-state index contributed by atoms with van der Waals surface area (Å²) in [6.45, 7) is 8.93. The molecule has 0 unspecified atom stereocenters. The molecule has 2 aromatic rings. The second-order valence-corrected chi connectivity index (χ2v) is 8.38. The SMILES string of the molecule is CC[C@@]1(C(=O)Nc2ccc(C)c(C(F)(F)F)c2)CN(c2c(C)cccc2C)C(=O)[C@H]1C. The van der Waals surface area contributed by atoms with E-state index in [1.165, 1.54) is 19.1 Å². The van der Waals surface area contributed by atoms with Crippen molar-refractivity contribution in [3.8, 4) is 0 Å². The monoisotopic (exact) mass is 432 g/mol. The Morgan fingerprint density at radius 2 is 1.74 bits per heavy atom. The van der Waals surface area contributed by atoms with E-state index in [1.807, 2.05) is 39.0 Å². The first kappa shape index (κ1) is 22.8. The van der Waals surface area contributed by atoms with Gasteiger partial charge in [-0.1, -0.05) is 38.1 Å². The van der Waals surface area contributed by atoms with Gasteiger partial charge in [0, 0.05) is 17.9 Å². The molecule has 0 bridgehead atoms. The zero-order valence-corrected chi connectivity index (χ0v) is 18.4. The van der Waals surface area contributed by atoms with E-state index in [1.54, 1.807) is 11.8 Å². The van der Waals surface area contributed by atoms with E-state index >= 15 is 0 Å². The zero-order valence-electron chi connectivity index (χ0n) is 18.4. The first-order valence-corrected chi connectivity index (χ1v) is 10.3. The van der Waals surface area contributed by atoms with Crippen LogP contribution in [0.15, 0.2) is 36.4 Å². The molecule has 2 atom stereocenters. The summed E-state index contributed by atoms with van der Waals surface area (Å²) in [7, 11) is 0. The maximum atomic E-state index is 13.3. The van der Waals surface area contributed by atoms with Crippen molar-refractivity contribution in [3.63, 3.8) is 0 Å². The number of carbonyl (C=O) groups excluding carboxylic acids is 2. The molecule has 166 valence electrons. The quantitative estimate of drug-likeness (QED) is 0.679. The Morgan fingerprint density at radius 3 is 2.29 bits per heavy atom. The highest BCUT2D eigenvalue weighted by atomic mass is 19.4. The van der Waals surface area contributed by atoms with Gasteiger partial charge in [-0.15, -0.1) is 0 Å². The average Bonchev–Trinajstić information content (AvgIpc) is 2.94. The molecule has 7 heteroatoms. The predicted octanol–water partition coefficient (Wildman–Crippen LogP) is 5.65. The van der Waals surface area contributed by atoms with Gasteiger partial charge in [-0.25, -0.2) is 0 Å². The lowest BCUT2D eigenvalue weighted by Crippen LogP contribution is -2.42. The highest BCUT2D eigenvalue weighted by Gasteiger charge is 2.54. The van der Waals surface area contributed by atoms with E-state index < -0.39 is 29.0 Å². The van der Waals surface area contributed by atoms with Gasteiger partial charge in [-0.3, -0.25) is 9.59 Å². The third-order valence-corrected chi connectivity index (χ3v) is 6.50. The van der Waals surface area contributed by atoms with Crippen LogP contribution >= 0.6 is 0 Å². The van der Waals surface area contributed by atoms with E-state index in [-0.39, 0.29) is 23.7 Å². The van der Waals surface area contributed by atoms with Crippen molar-refractivity contribution in [2.75, 3.05) is 16.8 Å². The van der Waals surface area contributed by atoms with Gasteiger partial charge in [0.2, 0.25) is 11.8 Å². The van der Waals surface area contributed by atoms with Gasteiger partial charge in [0.25, 0.3) is 0 Å². The molecular weight excluding hydrogens is 405 g/mol. The van der Waals surface area contributed by atoms with Gasteiger partial charge in [0.1, 0.15) is 0 Å². The fourth-order valence-electron chi connectivity index (χ4n) is 4.50. The maximum Gasteiger partial charge on any atom is 0.416 e. The van der Waals surface area contributed by atoms with Gasteiger partial charge >= 0.3 is 6.18 Å². The molecule has 1 fully saturated rings. The molecule has 1 aliphatic heterocycles. The minimum absolute atomic E-state index is 0.0703. The molecule has 1 N–H and O–H groups in total. The van der Waals surface area contributed by atoms with E-state index in [4.69, 9.17) is 0 Å². The second-order valence-electron chi connectivity index (χ2n) is 8.38. The Hall–Kier alpha value is -2.83. The van der Waals surface area contributed by atoms with Crippen LogP contribution < -0.4 is 10.2 Å². The molecule has 0 spiro atoms. The van der Waals surface area contributed by atoms with Crippen LogP contribution in [0.3, 0.4) is 0 Å². The molecule has 0 aliphatic carbocycles. The van der Waals surface area contributed by atoms with E-state index in [0.29, 0.717) is 6.42 Å². The van der Waals surface area contributed by atoms with Crippen molar-refractivity contribution in [2.45, 2.75) is 47.2 Å². The number of carbonyl (C=O) groups is 2. The highest BCUT2D eigenvalue weighted by Crippen LogP contribution is 2.44. The van der Waals surface area contributed by atoms with Crippen molar-refractivity contribution in [3.05, 3.63) is 58.7 Å². The van der Waals surface area contributed by atoms with E-state index in [9.17, 15) is 22.8 Å². The number of alkyl halides is 3. The first-order chi connectivity index (χ1) is 14.4. The fourth-order valence-corrected chi connectivity index (χ4v) is 4.50. The van der Waals surface area contributed by atoms with Crippen LogP contribution in [0.2, 0.25) is 0 Å². The normalized spacial score (nSPS) is 21.5. The summed E-state index contributed by atoms with van der Waals surface area (Å²) in [5.41, 5.74) is 0.972. The van der Waals surface area contributed by atoms with E-state index in [2.05, 4.69) is 5.32 Å². The molecule has 2 amide bonds. The Kier molecular flexibility index (Phi) is 5.91. The van der Waals surface area contributed by atoms with Crippen molar-refractivity contribution >= 4 is 23.2 Å². The molecule has 4 nitrogen and oxygen atoms in total. The number of halogens is 3. The second kappa shape index (κ2) is 8.02. The number of benzene rings is 2. The van der Waals surface area contributed by atoms with Gasteiger partial charge in [-0.2, -0.15) is 13.2 Å². The summed E-state index contributed by atoms with van der Waals surface area (Å²) in [4.78, 5) is 28.2. The number of hydrogen-bond donors (Lipinski definition) is 1. The predicted molar refractivity (Wildman–Crippen MR) is 115 cm³/mol. The van der Waals surface area contributed by atoms with E-state index in [0.717, 1.165) is 22.9 Å². The van der Waals surface area contributed by atoms with Crippen LogP contribution in [0.4, 0.5) is 24.5 Å². The minimum atomic E-state index is -4.51. The standard InChI is InChI=1S/C24H27F3N2O2/c1-6-23(22(31)28-18-11-10-14(2)19(12-18)24(25,26)27)13-29(21(30)17(23)5)20-15(3)8-7-9-16(20)4/h7-12,17H,6,13H2,1-5H3,(H,28,31)/t17-,23-/m1/s1. The number of para-hydroxylation sites is 1. The van der Waals surface area contributed by atoms with Crippen molar-refractivity contribution in [1.82, 2.24) is 0 Å². The van der Waals surface area contributed by atoms with Crippen LogP contribution in [0.1, 0.15) is 42.5 Å². The Morgan fingerprint density at radius 1 is 1.13 bits per heavy atom. The number of nitrogens with zero attached hydrogens (tertiary/aromatic N) is 1. The minimum Gasteiger partial charge on any atom is -0.326 e. The van der Waals surface area contributed by atoms with Crippen molar-refractivity contribution in [2.24, 2.45) is 11.3 Å². The zero-order chi connectivity index (χ0) is 23.1. The topological polar surface area (TPSA) is 49.4 Å². The number of aryl methyl sites for hydroxylation is 3. The lowest BCUT2D eigenvalue weighted by Gasteiger charge is -2.30. The third kappa shape index (κ3) is 3.93. The van der Waals surface area contributed by atoms with Crippen LogP contribution in [-0.4, -0.2) is 18.4 Å². The molecule has 0 radical (unpaired) electrons. The van der Waals surface area contributed by atoms with Crippen LogP contribution in [0.25, 0.3) is 0 Å². The smallest absolute Gasteiger partial charge is 0.326 e. The molecule has 0 saturated carbocycles. The number of hydrogen-bond acceptors (Lipinski definition) is 2. The summed E-state index contributed by atoms with van der Waals surface area (Å²) < 4.78 is 39.8. The highest BCUT2D eigenvalue weighted by molar-refractivity contribution is 6.07. The summed E-state index contributed by atoms with van der Waals surface area (Å²) >= 11 is 0. The number of rotatable bonds is 4. The van der Waals surface area contributed by atoms with Crippen molar-refractivity contribution < 1.29 is 22.8 Å². The Bertz CT molecular complexity index is 1010. The molecule has 31 heavy (non-hydrogen) atoms. The average molecular weight is 432 g/mol. The van der Waals surface area contributed by atoms with Crippen LogP contribution in [-0.2, 0) is 15.8 Å². The van der Waals surface area contributed by atoms with Gasteiger partial charge in [0.05, 0.1) is 16.9 Å².